The van der Waals surface area contributed by atoms with E-state index >= 15 is 0 Å². The molecule has 7 heteroatoms. The van der Waals surface area contributed by atoms with Gasteiger partial charge in [-0.2, -0.15) is 0 Å². The molecule has 0 amide bonds. The molecule has 0 fully saturated rings. The predicted octanol–water partition coefficient (Wildman–Crippen LogP) is 0.901. The normalized spacial score (nSPS) is 12.4. The molecule has 0 aliphatic carbocycles. The van der Waals surface area contributed by atoms with Crippen LogP contribution in [0.1, 0.15) is 19.8 Å². The van der Waals surface area contributed by atoms with Gasteiger partial charge in [0, 0.05) is 13.6 Å². The lowest BCUT2D eigenvalue weighted by atomic mass is 10.2. The van der Waals surface area contributed by atoms with Gasteiger partial charge in [-0.25, -0.2) is 0 Å². The van der Waals surface area contributed by atoms with Gasteiger partial charge < -0.3 is 20.5 Å². The number of aryl methyl sites for hydroxylation is 1. The second kappa shape index (κ2) is 5.45. The molecule has 16 heavy (non-hydrogen) atoms. The predicted molar refractivity (Wildman–Crippen MR) is 59.3 cm³/mol. The fraction of sp³-hybridized carbons (Fsp3) is 0.667. The molecule has 1 aromatic rings. The van der Waals surface area contributed by atoms with Crippen LogP contribution in [-0.2, 0) is 7.05 Å². The Hall–Kier alpha value is -1.63. The van der Waals surface area contributed by atoms with Crippen LogP contribution in [0.5, 0.6) is 0 Å². The lowest BCUT2D eigenvalue weighted by Gasteiger charge is -2.09. The van der Waals surface area contributed by atoms with Gasteiger partial charge in [0.15, 0.2) is 0 Å². The second-order valence-corrected chi connectivity index (χ2v) is 3.56. The molecule has 1 aromatic heterocycles. The van der Waals surface area contributed by atoms with Gasteiger partial charge in [0.1, 0.15) is 0 Å². The summed E-state index contributed by atoms with van der Waals surface area (Å²) >= 11 is 0. The third kappa shape index (κ3) is 2.93. The number of aliphatic hydroxyl groups is 1. The van der Waals surface area contributed by atoms with Crippen LogP contribution in [0.25, 0.3) is 0 Å². The molecule has 2 N–H and O–H groups in total. The van der Waals surface area contributed by atoms with Crippen molar-refractivity contribution in [1.82, 2.24) is 9.55 Å². The molecule has 1 unspecified atom stereocenters. The molecule has 1 heterocycles. The quantitative estimate of drug-likeness (QED) is 0.557. The Labute approximate surface area is 93.3 Å². The monoisotopic (exact) mass is 228 g/mol. The minimum atomic E-state index is -0.529. The van der Waals surface area contributed by atoms with Crippen molar-refractivity contribution in [2.24, 2.45) is 7.05 Å². The van der Waals surface area contributed by atoms with Crippen LogP contribution in [0.3, 0.4) is 0 Å². The number of hydrogen-bond acceptors (Lipinski definition) is 5. The van der Waals surface area contributed by atoms with Gasteiger partial charge in [0.05, 0.1) is 6.10 Å². The third-order valence-corrected chi connectivity index (χ3v) is 2.33. The van der Waals surface area contributed by atoms with Gasteiger partial charge in [0.2, 0.25) is 12.1 Å². The number of aliphatic hydroxyl groups excluding tert-OH is 1. The van der Waals surface area contributed by atoms with E-state index in [1.807, 2.05) is 6.92 Å². The minimum Gasteiger partial charge on any atom is -0.393 e. The molecule has 0 spiro atoms. The van der Waals surface area contributed by atoms with E-state index in [2.05, 4.69) is 10.3 Å². The largest absolute Gasteiger partial charge is 0.406 e. The lowest BCUT2D eigenvalue weighted by molar-refractivity contribution is -0.388. The minimum absolute atomic E-state index is 0.187. The van der Waals surface area contributed by atoms with Crippen LogP contribution < -0.4 is 5.32 Å². The Kier molecular flexibility index (Phi) is 4.24. The van der Waals surface area contributed by atoms with Crippen LogP contribution >= 0.6 is 0 Å². The number of imidazole rings is 1. The van der Waals surface area contributed by atoms with Crippen molar-refractivity contribution in [1.29, 1.82) is 0 Å². The zero-order valence-electron chi connectivity index (χ0n) is 9.38. The maximum Gasteiger partial charge on any atom is 0.406 e. The lowest BCUT2D eigenvalue weighted by Crippen LogP contribution is -2.14. The van der Waals surface area contributed by atoms with Crippen molar-refractivity contribution in [3.05, 3.63) is 16.4 Å². The van der Waals surface area contributed by atoms with Crippen LogP contribution in [0, 0.1) is 10.1 Å². The highest BCUT2D eigenvalue weighted by Gasteiger charge is 2.19. The maximum atomic E-state index is 10.6. The summed E-state index contributed by atoms with van der Waals surface area (Å²) in [5, 5.41) is 22.9. The summed E-state index contributed by atoms with van der Waals surface area (Å²) in [6.07, 6.45) is 2.24. The second-order valence-electron chi connectivity index (χ2n) is 3.56. The number of aromatic nitrogens is 2. The van der Waals surface area contributed by atoms with Gasteiger partial charge in [-0.3, -0.25) is 4.57 Å². The highest BCUT2D eigenvalue weighted by molar-refractivity contribution is 5.51. The van der Waals surface area contributed by atoms with Crippen molar-refractivity contribution >= 4 is 11.6 Å². The fourth-order valence-electron chi connectivity index (χ4n) is 1.32. The first-order valence-corrected chi connectivity index (χ1v) is 5.13. The van der Waals surface area contributed by atoms with Crippen molar-refractivity contribution in [3.8, 4) is 0 Å². The van der Waals surface area contributed by atoms with E-state index < -0.39 is 4.92 Å². The zero-order chi connectivity index (χ0) is 12.1. The van der Waals surface area contributed by atoms with E-state index in [9.17, 15) is 15.2 Å². The van der Waals surface area contributed by atoms with Crippen molar-refractivity contribution in [2.45, 2.75) is 25.9 Å². The smallest absolute Gasteiger partial charge is 0.393 e. The van der Waals surface area contributed by atoms with Crippen LogP contribution in [-0.4, -0.2) is 32.2 Å². The number of nitrogens with zero attached hydrogens (tertiary/aromatic N) is 3. The first kappa shape index (κ1) is 12.4. The highest BCUT2D eigenvalue weighted by Crippen LogP contribution is 2.20. The van der Waals surface area contributed by atoms with Gasteiger partial charge in [-0.15, -0.1) is 0 Å². The molecule has 1 rings (SSSR count). The number of anilines is 1. The summed E-state index contributed by atoms with van der Waals surface area (Å²) in [6, 6.07) is 0. The molecule has 0 aliphatic rings. The molecule has 7 nitrogen and oxygen atoms in total. The Morgan fingerprint density at radius 2 is 2.44 bits per heavy atom. The number of nitrogens with one attached hydrogen (secondary N) is 1. The Bertz CT molecular complexity index is 364. The summed E-state index contributed by atoms with van der Waals surface area (Å²) < 4.78 is 1.55. The molecule has 90 valence electrons. The summed E-state index contributed by atoms with van der Waals surface area (Å²) in [5.74, 6) is 0.182. The number of nitro groups is 1. The van der Waals surface area contributed by atoms with E-state index in [1.165, 1.54) is 6.33 Å². The van der Waals surface area contributed by atoms with Gasteiger partial charge in [0.25, 0.3) is 0 Å². The van der Waals surface area contributed by atoms with E-state index in [0.29, 0.717) is 25.2 Å². The van der Waals surface area contributed by atoms with Crippen molar-refractivity contribution < 1.29 is 10.0 Å². The molecular formula is C9H16N4O3. The van der Waals surface area contributed by atoms with E-state index in [0.717, 1.165) is 0 Å². The standard InChI is InChI=1S/C9H16N4O3/c1-3-7(14)4-5-10-8-9(13(15)16)11-6-12(8)2/h6-7,10,14H,3-5H2,1-2H3. The van der Waals surface area contributed by atoms with E-state index in [1.54, 1.807) is 11.6 Å². The summed E-state index contributed by atoms with van der Waals surface area (Å²) in [4.78, 5) is 13.8. The fourth-order valence-corrected chi connectivity index (χ4v) is 1.32. The maximum absolute atomic E-state index is 10.6. The molecule has 0 saturated carbocycles. The first-order chi connectivity index (χ1) is 7.56. The number of rotatable bonds is 6. The first-order valence-electron chi connectivity index (χ1n) is 5.13. The third-order valence-electron chi connectivity index (χ3n) is 2.33. The van der Waals surface area contributed by atoms with Gasteiger partial charge in [-0.05, 0) is 22.7 Å². The SMILES string of the molecule is CCC(O)CCNc1c([N+](=O)[O-])ncn1C. The average molecular weight is 228 g/mol. The molecule has 0 aliphatic heterocycles. The van der Waals surface area contributed by atoms with Gasteiger partial charge >= 0.3 is 5.82 Å². The zero-order valence-corrected chi connectivity index (χ0v) is 9.38. The number of hydrogen-bond donors (Lipinski definition) is 2. The Morgan fingerprint density at radius 1 is 1.75 bits per heavy atom. The summed E-state index contributed by atoms with van der Waals surface area (Å²) in [6.45, 7) is 2.37. The Balaban J connectivity index is 2.59. The molecule has 0 radical (unpaired) electrons. The van der Waals surface area contributed by atoms with E-state index in [-0.39, 0.29) is 11.9 Å². The van der Waals surface area contributed by atoms with Crippen LogP contribution in [0.4, 0.5) is 11.6 Å². The van der Waals surface area contributed by atoms with Crippen molar-refractivity contribution in [3.63, 3.8) is 0 Å². The summed E-state index contributed by atoms with van der Waals surface area (Å²) in [7, 11) is 1.68. The average Bonchev–Trinajstić information content (AvgIpc) is 2.60. The molecule has 0 bridgehead atoms. The Morgan fingerprint density at radius 3 is 3.00 bits per heavy atom. The van der Waals surface area contributed by atoms with Gasteiger partial charge in [-0.1, -0.05) is 6.92 Å². The van der Waals surface area contributed by atoms with Crippen molar-refractivity contribution in [2.75, 3.05) is 11.9 Å². The molecule has 1 atom stereocenters. The van der Waals surface area contributed by atoms with E-state index in [4.69, 9.17) is 0 Å². The molecule has 0 aromatic carbocycles. The van der Waals surface area contributed by atoms with Crippen LogP contribution in [0.2, 0.25) is 0 Å². The molecular weight excluding hydrogens is 212 g/mol. The molecule has 0 saturated heterocycles. The van der Waals surface area contributed by atoms with Crippen LogP contribution in [0.15, 0.2) is 6.33 Å². The summed E-state index contributed by atoms with van der Waals surface area (Å²) in [5.41, 5.74) is 0. The highest BCUT2D eigenvalue weighted by atomic mass is 16.6. The topological polar surface area (TPSA) is 93.2 Å².